The molecule has 1 atom stereocenters. The van der Waals surface area contributed by atoms with E-state index in [9.17, 15) is 15.0 Å². The second kappa shape index (κ2) is 11.4. The quantitative estimate of drug-likeness (QED) is 0.249. The number of hydrogen-bond donors (Lipinski definition) is 4. The number of carbonyl (C=O) groups is 1. The molecule has 0 radical (unpaired) electrons. The Morgan fingerprint density at radius 3 is 2.55 bits per heavy atom. The third-order valence-electron chi connectivity index (χ3n) is 7.09. The number of thiophene rings is 1. The second-order valence-electron chi connectivity index (χ2n) is 9.65. The third-order valence-corrected chi connectivity index (χ3v) is 8.18. The van der Waals surface area contributed by atoms with Crippen molar-refractivity contribution in [1.29, 1.82) is 0 Å². The number of rotatable bonds is 9. The zero-order valence-corrected chi connectivity index (χ0v) is 22.1. The number of piperidine rings is 1. The van der Waals surface area contributed by atoms with E-state index in [1.165, 1.54) is 6.33 Å². The molecule has 198 valence electrons. The van der Waals surface area contributed by atoms with Crippen LogP contribution in [0.1, 0.15) is 53.1 Å². The molecule has 0 aliphatic carbocycles. The molecule has 1 fully saturated rings. The second-order valence-corrected chi connectivity index (χ2v) is 10.7. The molecule has 1 aliphatic heterocycles. The maximum absolute atomic E-state index is 11.6. The molecular weight excluding hydrogens is 500 g/mol. The molecule has 0 amide bonds. The number of nitrogens with two attached hydrogens (primary N) is 1. The van der Waals surface area contributed by atoms with Gasteiger partial charge in [-0.3, -0.25) is 0 Å². The van der Waals surface area contributed by atoms with Crippen molar-refractivity contribution in [2.24, 2.45) is 0 Å². The Balaban J connectivity index is 1.19. The molecule has 1 aromatic carbocycles. The molecule has 1 saturated heterocycles. The number of fused-ring (bicyclic) bond motifs is 1. The highest BCUT2D eigenvalue weighted by molar-refractivity contribution is 7.21. The van der Waals surface area contributed by atoms with Crippen molar-refractivity contribution in [1.82, 2.24) is 20.3 Å². The highest BCUT2D eigenvalue weighted by Gasteiger charge is 2.24. The van der Waals surface area contributed by atoms with E-state index in [1.807, 2.05) is 24.3 Å². The van der Waals surface area contributed by atoms with Crippen LogP contribution in [0.25, 0.3) is 21.3 Å². The minimum absolute atomic E-state index is 0.159. The Morgan fingerprint density at radius 1 is 1.18 bits per heavy atom. The summed E-state index contributed by atoms with van der Waals surface area (Å²) in [6, 6.07) is 10.2. The van der Waals surface area contributed by atoms with E-state index in [4.69, 9.17) is 10.7 Å². The Kier molecular flexibility index (Phi) is 7.82. The number of nitrogens with zero attached hydrogens (tertiary/aromatic N) is 4. The number of aliphatic hydroxyl groups excluding tert-OH is 1. The van der Waals surface area contributed by atoms with Crippen molar-refractivity contribution < 1.29 is 15.0 Å². The Morgan fingerprint density at radius 2 is 1.89 bits per heavy atom. The Bertz CT molecular complexity index is 1400. The lowest BCUT2D eigenvalue weighted by molar-refractivity contribution is 0.0703. The molecule has 0 spiro atoms. The van der Waals surface area contributed by atoms with Crippen LogP contribution in [0.15, 0.2) is 49.1 Å². The smallest absolute Gasteiger partial charge is 0.348 e. The maximum Gasteiger partial charge on any atom is 0.348 e. The number of aryl methyl sites for hydroxylation is 1. The topological polar surface area (TPSA) is 137 Å². The van der Waals surface area contributed by atoms with Crippen LogP contribution in [-0.2, 0) is 6.42 Å². The summed E-state index contributed by atoms with van der Waals surface area (Å²) < 4.78 is 0. The first-order chi connectivity index (χ1) is 18.4. The van der Waals surface area contributed by atoms with Gasteiger partial charge < -0.3 is 26.2 Å². The minimum atomic E-state index is -1.01. The van der Waals surface area contributed by atoms with E-state index in [1.54, 1.807) is 12.4 Å². The lowest BCUT2D eigenvalue weighted by Crippen LogP contribution is -2.44. The van der Waals surface area contributed by atoms with Crippen molar-refractivity contribution in [3.63, 3.8) is 0 Å². The summed E-state index contributed by atoms with van der Waals surface area (Å²) in [4.78, 5) is 27.6. The fraction of sp³-hybridized carbons (Fsp3) is 0.357. The predicted octanol–water partition coefficient (Wildman–Crippen LogP) is 4.28. The van der Waals surface area contributed by atoms with Gasteiger partial charge in [-0.15, -0.1) is 11.3 Å². The summed E-state index contributed by atoms with van der Waals surface area (Å²) in [5, 5.41) is 24.6. The van der Waals surface area contributed by atoms with Crippen LogP contribution in [0.5, 0.6) is 0 Å². The first kappa shape index (κ1) is 26.0. The van der Waals surface area contributed by atoms with Gasteiger partial charge in [0.2, 0.25) is 0 Å². The average Bonchev–Trinajstić information content (AvgIpc) is 3.29. The normalized spacial score (nSPS) is 15.2. The number of carboxylic acid groups (broad SMARTS) is 1. The number of nitrogen functional groups attached to an aromatic ring is 1. The number of aromatic carboxylic acids is 1. The number of pyridine rings is 1. The molecule has 4 heterocycles. The molecule has 0 bridgehead atoms. The van der Waals surface area contributed by atoms with Gasteiger partial charge in [0, 0.05) is 49.0 Å². The molecule has 1 unspecified atom stereocenters. The number of aromatic nitrogens is 3. The van der Waals surface area contributed by atoms with E-state index in [-0.39, 0.29) is 4.88 Å². The molecule has 5 N–H and O–H groups in total. The van der Waals surface area contributed by atoms with E-state index in [0.717, 1.165) is 83.6 Å². The van der Waals surface area contributed by atoms with Gasteiger partial charge in [-0.25, -0.2) is 19.7 Å². The molecule has 10 heteroatoms. The monoisotopic (exact) mass is 532 g/mol. The van der Waals surface area contributed by atoms with E-state index in [2.05, 4.69) is 33.2 Å². The van der Waals surface area contributed by atoms with E-state index in [0.29, 0.717) is 23.1 Å². The summed E-state index contributed by atoms with van der Waals surface area (Å²) in [7, 11) is 0. The lowest BCUT2D eigenvalue weighted by Gasteiger charge is -2.34. The summed E-state index contributed by atoms with van der Waals surface area (Å²) >= 11 is 1.15. The van der Waals surface area contributed by atoms with Crippen molar-refractivity contribution in [2.75, 3.05) is 30.3 Å². The Labute approximate surface area is 225 Å². The first-order valence-electron chi connectivity index (χ1n) is 12.9. The number of hydrogen-bond acceptors (Lipinski definition) is 9. The summed E-state index contributed by atoms with van der Waals surface area (Å²) in [6.07, 6.45) is 8.07. The highest BCUT2D eigenvalue weighted by atomic mass is 32.1. The molecular formula is C28H32N6O3S. The number of aliphatic hydroxyl groups is 1. The molecule has 38 heavy (non-hydrogen) atoms. The SMILES string of the molecule is CCCc1cc(N2CCC(NCC(O)c3ccc(-c4cncnc4)cc3)CC2)nc2sc(C(=O)O)c(N)c12. The van der Waals surface area contributed by atoms with Gasteiger partial charge in [-0.05, 0) is 42.0 Å². The largest absolute Gasteiger partial charge is 0.477 e. The van der Waals surface area contributed by atoms with Crippen LogP contribution in [0, 0.1) is 0 Å². The van der Waals surface area contributed by atoms with Gasteiger partial charge >= 0.3 is 5.97 Å². The molecule has 4 aromatic rings. The fourth-order valence-corrected chi connectivity index (χ4v) is 6.00. The lowest BCUT2D eigenvalue weighted by atomic mass is 10.0. The van der Waals surface area contributed by atoms with Crippen LogP contribution >= 0.6 is 11.3 Å². The van der Waals surface area contributed by atoms with Gasteiger partial charge in [0.05, 0.1) is 11.8 Å². The van der Waals surface area contributed by atoms with Gasteiger partial charge in [0.1, 0.15) is 21.9 Å². The van der Waals surface area contributed by atoms with Crippen LogP contribution in [0.3, 0.4) is 0 Å². The van der Waals surface area contributed by atoms with Gasteiger partial charge in [0.15, 0.2) is 0 Å². The summed E-state index contributed by atoms with van der Waals surface area (Å²) in [6.45, 7) is 4.25. The molecule has 3 aromatic heterocycles. The zero-order chi connectivity index (χ0) is 26.6. The van der Waals surface area contributed by atoms with Gasteiger partial charge in [-0.2, -0.15) is 0 Å². The van der Waals surface area contributed by atoms with Crippen LogP contribution < -0.4 is 16.0 Å². The van der Waals surface area contributed by atoms with Gasteiger partial charge in [0.25, 0.3) is 0 Å². The third kappa shape index (κ3) is 5.47. The number of nitrogens with one attached hydrogen (secondary N) is 1. The standard InChI is InChI=1S/C28H32N6O3S/c1-2-3-19-12-23(33-27-24(19)25(29)26(38-27)28(36)37)34-10-8-21(9-11-34)32-15-22(35)18-6-4-17(5-7-18)20-13-30-16-31-14-20/h4-7,12-14,16,21-22,32,35H,2-3,8-11,15,29H2,1H3,(H,36,37). The van der Waals surface area contributed by atoms with Crippen molar-refractivity contribution in [3.05, 3.63) is 65.1 Å². The van der Waals surface area contributed by atoms with Crippen molar-refractivity contribution in [3.8, 4) is 11.1 Å². The molecule has 9 nitrogen and oxygen atoms in total. The first-order valence-corrected chi connectivity index (χ1v) is 13.7. The number of anilines is 2. The number of carboxylic acids is 1. The van der Waals surface area contributed by atoms with Crippen LogP contribution in [0.4, 0.5) is 11.5 Å². The Hall–Kier alpha value is -3.60. The average molecular weight is 533 g/mol. The van der Waals surface area contributed by atoms with Crippen molar-refractivity contribution >= 4 is 39.0 Å². The summed E-state index contributed by atoms with van der Waals surface area (Å²) in [5.74, 6) is -0.133. The van der Waals surface area contributed by atoms with Gasteiger partial charge in [-0.1, -0.05) is 37.6 Å². The van der Waals surface area contributed by atoms with Crippen LogP contribution in [0.2, 0.25) is 0 Å². The molecule has 0 saturated carbocycles. The fourth-order valence-electron chi connectivity index (χ4n) is 5.03. The van der Waals surface area contributed by atoms with E-state index >= 15 is 0 Å². The highest BCUT2D eigenvalue weighted by Crippen LogP contribution is 2.37. The van der Waals surface area contributed by atoms with Crippen LogP contribution in [-0.4, -0.2) is 56.8 Å². The number of benzene rings is 1. The van der Waals surface area contributed by atoms with E-state index < -0.39 is 12.1 Å². The zero-order valence-electron chi connectivity index (χ0n) is 21.3. The molecule has 5 rings (SSSR count). The predicted molar refractivity (Wildman–Crippen MR) is 151 cm³/mol. The molecule has 1 aliphatic rings. The maximum atomic E-state index is 11.6. The minimum Gasteiger partial charge on any atom is -0.477 e. The summed E-state index contributed by atoms with van der Waals surface area (Å²) in [5.41, 5.74) is 10.4. The van der Waals surface area contributed by atoms with Crippen molar-refractivity contribution in [2.45, 2.75) is 44.8 Å².